The maximum absolute atomic E-state index is 11.2. The number of aliphatic hydroxyl groups excluding tert-OH is 1. The minimum Gasteiger partial charge on any atom is -0.512 e. The summed E-state index contributed by atoms with van der Waals surface area (Å²) in [6, 6.07) is 23.2. The number of nitrogens with zero attached hydrogens (tertiary/aromatic N) is 1. The normalized spacial score (nSPS) is 12.2. The van der Waals surface area contributed by atoms with Crippen LogP contribution in [0.5, 0.6) is 0 Å². The number of pyridine rings is 1. The van der Waals surface area contributed by atoms with Crippen LogP contribution in [0.3, 0.4) is 0 Å². The van der Waals surface area contributed by atoms with Gasteiger partial charge in [0.1, 0.15) is 0 Å². The Balaban J connectivity index is 0.000000297. The number of aliphatic hydroxyl groups is 1. The zero-order valence-electron chi connectivity index (χ0n) is 26.3. The molecule has 0 fully saturated rings. The van der Waals surface area contributed by atoms with Gasteiger partial charge in [0.25, 0.3) is 0 Å². The molecule has 5 rings (SSSR count). The zero-order valence-corrected chi connectivity index (χ0v) is 28.7. The molecule has 1 heterocycles. The first-order valence-electron chi connectivity index (χ1n) is 14.8. The number of aryl methyl sites for hydroxylation is 1. The number of fused-ring (bicyclic) bond motifs is 5. The van der Waals surface area contributed by atoms with Crippen LogP contribution in [0.25, 0.3) is 44.3 Å². The number of hydrogen-bond acceptors (Lipinski definition) is 3. The van der Waals surface area contributed by atoms with E-state index in [1.165, 1.54) is 50.2 Å². The van der Waals surface area contributed by atoms with Crippen LogP contribution in [0.15, 0.2) is 72.6 Å². The molecule has 3 aromatic carbocycles. The summed E-state index contributed by atoms with van der Waals surface area (Å²) in [5.41, 5.74) is 10.0. The van der Waals surface area contributed by atoms with Crippen molar-refractivity contribution in [2.75, 3.05) is 0 Å². The average molecular weight is 739 g/mol. The molecule has 3 nitrogen and oxygen atoms in total. The second-order valence-corrected chi connectivity index (χ2v) is 13.4. The molecule has 1 aromatic heterocycles. The van der Waals surface area contributed by atoms with Crippen molar-refractivity contribution in [2.45, 2.75) is 74.7 Å². The molecule has 0 atom stereocenters. The first-order valence-corrected chi connectivity index (χ1v) is 14.8. The molecular formula is C38H44IrNO2-. The van der Waals surface area contributed by atoms with E-state index in [0.717, 1.165) is 17.7 Å². The molecule has 1 aliphatic carbocycles. The van der Waals surface area contributed by atoms with Gasteiger partial charge >= 0.3 is 0 Å². The van der Waals surface area contributed by atoms with Gasteiger partial charge in [-0.05, 0) is 63.8 Å². The third kappa shape index (κ3) is 8.06. The van der Waals surface area contributed by atoms with Crippen molar-refractivity contribution in [3.05, 3.63) is 89.8 Å². The molecule has 42 heavy (non-hydrogen) atoms. The first kappa shape index (κ1) is 33.4. The fraction of sp³-hybridized carbons (Fsp3) is 0.368. The summed E-state index contributed by atoms with van der Waals surface area (Å²) >= 11 is 0. The van der Waals surface area contributed by atoms with Gasteiger partial charge in [-0.25, -0.2) is 0 Å². The molecule has 4 heteroatoms. The van der Waals surface area contributed by atoms with E-state index in [9.17, 15) is 9.90 Å². The third-order valence-electron chi connectivity index (χ3n) is 7.12. The fourth-order valence-corrected chi connectivity index (χ4v) is 5.58. The van der Waals surface area contributed by atoms with E-state index < -0.39 is 0 Å². The Morgan fingerprint density at radius 2 is 1.62 bits per heavy atom. The van der Waals surface area contributed by atoms with E-state index >= 15 is 0 Å². The number of aromatic nitrogens is 1. The van der Waals surface area contributed by atoms with Gasteiger partial charge in [0.05, 0.1) is 5.76 Å². The first-order chi connectivity index (χ1) is 19.3. The molecule has 0 bridgehead atoms. The van der Waals surface area contributed by atoms with E-state index in [4.69, 9.17) is 4.98 Å². The maximum atomic E-state index is 11.2. The number of rotatable bonds is 6. The van der Waals surface area contributed by atoms with Crippen LogP contribution < -0.4 is 0 Å². The molecule has 0 aliphatic heterocycles. The zero-order chi connectivity index (χ0) is 29.9. The van der Waals surface area contributed by atoms with Crippen LogP contribution in [0.4, 0.5) is 0 Å². The Morgan fingerprint density at radius 1 is 0.929 bits per heavy atom. The number of carbonyl (C=O) groups excluding carboxylic acids is 1. The molecular weight excluding hydrogens is 695 g/mol. The van der Waals surface area contributed by atoms with Crippen molar-refractivity contribution >= 4 is 16.6 Å². The summed E-state index contributed by atoms with van der Waals surface area (Å²) in [6.45, 7) is 17.0. The Kier molecular flexibility index (Phi) is 11.1. The van der Waals surface area contributed by atoms with Crippen molar-refractivity contribution in [1.29, 1.82) is 0 Å². The van der Waals surface area contributed by atoms with Crippen molar-refractivity contribution in [1.82, 2.24) is 4.98 Å². The molecule has 1 aliphatic rings. The summed E-state index contributed by atoms with van der Waals surface area (Å²) in [7, 11) is 0. The summed E-state index contributed by atoms with van der Waals surface area (Å²) < 4.78 is 0. The molecule has 0 amide bonds. The van der Waals surface area contributed by atoms with Crippen LogP contribution >= 0.6 is 0 Å². The molecule has 0 saturated carbocycles. The summed E-state index contributed by atoms with van der Waals surface area (Å²) in [5, 5.41) is 11.9. The van der Waals surface area contributed by atoms with Gasteiger partial charge < -0.3 is 10.1 Å². The predicted molar refractivity (Wildman–Crippen MR) is 173 cm³/mol. The molecule has 0 saturated heterocycles. The van der Waals surface area contributed by atoms with Crippen LogP contribution in [0, 0.1) is 30.2 Å². The smallest absolute Gasteiger partial charge is 0.159 e. The van der Waals surface area contributed by atoms with Gasteiger partial charge in [-0.2, -0.15) is 0 Å². The van der Waals surface area contributed by atoms with Crippen LogP contribution in [0.2, 0.25) is 0 Å². The van der Waals surface area contributed by atoms with E-state index in [-0.39, 0.29) is 37.1 Å². The van der Waals surface area contributed by atoms with E-state index in [0.29, 0.717) is 24.7 Å². The Hall–Kier alpha value is -3.07. The Morgan fingerprint density at radius 3 is 2.29 bits per heavy atom. The van der Waals surface area contributed by atoms with Crippen LogP contribution in [-0.4, -0.2) is 15.9 Å². The monoisotopic (exact) mass is 739 g/mol. The molecule has 0 spiro atoms. The minimum atomic E-state index is 0. The van der Waals surface area contributed by atoms with Gasteiger partial charge in [0.15, 0.2) is 5.78 Å². The number of allylic oxidation sites excluding steroid dienone is 2. The Bertz CT molecular complexity index is 1590. The van der Waals surface area contributed by atoms with E-state index in [1.54, 1.807) is 0 Å². The van der Waals surface area contributed by atoms with Gasteiger partial charge in [0.2, 0.25) is 0 Å². The summed E-state index contributed by atoms with van der Waals surface area (Å²) in [6.07, 6.45) is 5.55. The second-order valence-electron chi connectivity index (χ2n) is 13.4. The molecule has 223 valence electrons. The number of ketones is 1. The second kappa shape index (κ2) is 13.9. The molecule has 4 aromatic rings. The van der Waals surface area contributed by atoms with Crippen molar-refractivity contribution in [3.8, 4) is 33.5 Å². The topological polar surface area (TPSA) is 50.2 Å². The number of hydrogen-bond donors (Lipinski definition) is 1. The maximum Gasteiger partial charge on any atom is 0.159 e. The van der Waals surface area contributed by atoms with E-state index in [2.05, 4.69) is 88.5 Å². The standard InChI is InChI=1S/C27H24N.C11H20O2.Ir/c1-17-12-13-21-22-11-7-10-19-18(15-27(2,3)4)16-28-26(25(19)22)23-9-6-5-8-20(23)24(21)14-17;1-8(2)5-10(12)7-11(13)6-9(3)4;/h5-8,10-14,16H,15H2,1-4H3;7-9,12H,5-6H2,1-4H3;/q-1;;/b;10-7-;. The van der Waals surface area contributed by atoms with Crippen LogP contribution in [0.1, 0.15) is 72.4 Å². The van der Waals surface area contributed by atoms with Gasteiger partial charge in [0, 0.05) is 45.2 Å². The van der Waals surface area contributed by atoms with Gasteiger partial charge in [-0.3, -0.25) is 4.79 Å². The van der Waals surface area contributed by atoms with Crippen LogP contribution in [-0.2, 0) is 31.3 Å². The SMILES string of the molecule is CC(C)CC(=O)/C=C(\O)CC(C)C.Cc1ccc2c(c1)-c1ccc[c-]c1-c1ncc(CC(C)(C)C)c3cccc-2c13.[Ir]. The van der Waals surface area contributed by atoms with Crippen molar-refractivity contribution < 1.29 is 30.0 Å². The minimum absolute atomic E-state index is 0. The van der Waals surface area contributed by atoms with Gasteiger partial charge in [-0.15, -0.1) is 29.8 Å². The molecule has 0 unspecified atom stereocenters. The third-order valence-corrected chi connectivity index (χ3v) is 7.12. The largest absolute Gasteiger partial charge is 0.512 e. The van der Waals surface area contributed by atoms with Crippen molar-refractivity contribution in [3.63, 3.8) is 0 Å². The molecule has 1 radical (unpaired) electrons. The van der Waals surface area contributed by atoms with Crippen molar-refractivity contribution in [2.24, 2.45) is 17.3 Å². The fourth-order valence-electron chi connectivity index (χ4n) is 5.58. The average Bonchev–Trinajstić information content (AvgIpc) is 2.98. The number of carbonyl (C=O) groups is 1. The number of benzene rings is 3. The summed E-state index contributed by atoms with van der Waals surface area (Å²) in [4.78, 5) is 16.2. The summed E-state index contributed by atoms with van der Waals surface area (Å²) in [5.74, 6) is 0.979. The molecule has 1 N–H and O–H groups in total. The predicted octanol–water partition coefficient (Wildman–Crippen LogP) is 10.3. The Labute approximate surface area is 265 Å². The quantitative estimate of drug-likeness (QED) is 0.107. The van der Waals surface area contributed by atoms with Gasteiger partial charge in [-0.1, -0.05) is 102 Å². The van der Waals surface area contributed by atoms with E-state index in [1.807, 2.05) is 33.8 Å².